The van der Waals surface area contributed by atoms with Gasteiger partial charge in [0, 0.05) is 12.4 Å². The highest BCUT2D eigenvalue weighted by atomic mass is 19.1. The van der Waals surface area contributed by atoms with Crippen LogP contribution < -0.4 is 0 Å². The molecule has 0 saturated carbocycles. The van der Waals surface area contributed by atoms with E-state index in [4.69, 9.17) is 0 Å². The molecule has 2 heteroatoms. The molecule has 0 aliphatic heterocycles. The molecule has 1 rings (SSSR count). The fourth-order valence-corrected chi connectivity index (χ4v) is 1.31. The normalized spacial score (nSPS) is 11.6. The smallest absolute Gasteiger partial charge is 0.135 e. The maximum atomic E-state index is 14.0. The molecule has 0 aliphatic carbocycles. The summed E-state index contributed by atoms with van der Waals surface area (Å²) in [6.07, 6.45) is 4.31. The predicted molar refractivity (Wildman–Crippen MR) is 47.6 cm³/mol. The summed E-state index contributed by atoms with van der Waals surface area (Å²) in [7, 11) is 0. The number of aromatic nitrogens is 1. The van der Waals surface area contributed by atoms with Gasteiger partial charge in [-0.25, -0.2) is 4.39 Å². The lowest BCUT2D eigenvalue weighted by molar-refractivity contribution is 0.151. The van der Waals surface area contributed by atoms with Gasteiger partial charge in [-0.2, -0.15) is 0 Å². The van der Waals surface area contributed by atoms with E-state index < -0.39 is 5.67 Å². The Morgan fingerprint density at radius 2 is 1.75 bits per heavy atom. The van der Waals surface area contributed by atoms with E-state index in [1.54, 1.807) is 24.5 Å². The van der Waals surface area contributed by atoms with Crippen molar-refractivity contribution in [2.45, 2.75) is 32.4 Å². The van der Waals surface area contributed by atoms with E-state index in [0.29, 0.717) is 12.8 Å². The first-order valence-electron chi connectivity index (χ1n) is 4.32. The molecular formula is C10H14FN. The van der Waals surface area contributed by atoms with Gasteiger partial charge in [0.1, 0.15) is 5.67 Å². The molecule has 12 heavy (non-hydrogen) atoms. The van der Waals surface area contributed by atoms with E-state index in [9.17, 15) is 4.39 Å². The minimum absolute atomic E-state index is 0.521. The van der Waals surface area contributed by atoms with E-state index in [-0.39, 0.29) is 0 Å². The quantitative estimate of drug-likeness (QED) is 0.674. The van der Waals surface area contributed by atoms with Crippen molar-refractivity contribution in [3.8, 4) is 0 Å². The van der Waals surface area contributed by atoms with Gasteiger partial charge < -0.3 is 0 Å². The summed E-state index contributed by atoms with van der Waals surface area (Å²) >= 11 is 0. The zero-order chi connectivity index (χ0) is 9.03. The van der Waals surface area contributed by atoms with Gasteiger partial charge in [0.05, 0.1) is 0 Å². The van der Waals surface area contributed by atoms with Crippen molar-refractivity contribution in [1.82, 2.24) is 4.98 Å². The first-order valence-corrected chi connectivity index (χ1v) is 4.32. The number of rotatable bonds is 3. The Balaban J connectivity index is 2.95. The van der Waals surface area contributed by atoms with Crippen molar-refractivity contribution in [2.24, 2.45) is 0 Å². The van der Waals surface area contributed by atoms with Gasteiger partial charge in [-0.15, -0.1) is 0 Å². The van der Waals surface area contributed by atoms with Gasteiger partial charge >= 0.3 is 0 Å². The van der Waals surface area contributed by atoms with Crippen molar-refractivity contribution in [3.63, 3.8) is 0 Å². The molecule has 0 fully saturated rings. The van der Waals surface area contributed by atoms with Crippen LogP contribution in [0.3, 0.4) is 0 Å². The zero-order valence-corrected chi connectivity index (χ0v) is 7.55. The second kappa shape index (κ2) is 3.65. The van der Waals surface area contributed by atoms with E-state index in [1.807, 2.05) is 13.8 Å². The van der Waals surface area contributed by atoms with Crippen molar-refractivity contribution in [1.29, 1.82) is 0 Å². The summed E-state index contributed by atoms with van der Waals surface area (Å²) in [5, 5.41) is 0. The third-order valence-corrected chi connectivity index (χ3v) is 2.32. The summed E-state index contributed by atoms with van der Waals surface area (Å²) in [4.78, 5) is 3.86. The molecule has 1 aromatic rings. The zero-order valence-electron chi connectivity index (χ0n) is 7.55. The van der Waals surface area contributed by atoms with Crippen molar-refractivity contribution < 1.29 is 4.39 Å². The molecular weight excluding hydrogens is 153 g/mol. The number of alkyl halides is 1. The summed E-state index contributed by atoms with van der Waals surface area (Å²) in [5.74, 6) is 0. The fraction of sp³-hybridized carbons (Fsp3) is 0.500. The van der Waals surface area contributed by atoms with Crippen LogP contribution in [0.4, 0.5) is 4.39 Å². The minimum atomic E-state index is -1.16. The van der Waals surface area contributed by atoms with Gasteiger partial charge in [0.15, 0.2) is 0 Å². The van der Waals surface area contributed by atoms with Crippen LogP contribution in [-0.4, -0.2) is 4.98 Å². The first-order chi connectivity index (χ1) is 5.73. The van der Waals surface area contributed by atoms with Crippen LogP contribution in [0.25, 0.3) is 0 Å². The molecule has 0 unspecified atom stereocenters. The fourth-order valence-electron chi connectivity index (χ4n) is 1.31. The van der Waals surface area contributed by atoms with Crippen LogP contribution in [0.2, 0.25) is 0 Å². The molecule has 0 amide bonds. The van der Waals surface area contributed by atoms with Crippen LogP contribution in [-0.2, 0) is 5.67 Å². The van der Waals surface area contributed by atoms with E-state index in [0.717, 1.165) is 5.56 Å². The summed E-state index contributed by atoms with van der Waals surface area (Å²) in [6, 6.07) is 3.49. The average Bonchev–Trinajstić information content (AvgIpc) is 2.18. The number of pyridine rings is 1. The highest BCUT2D eigenvalue weighted by molar-refractivity contribution is 5.18. The molecule has 0 radical (unpaired) electrons. The largest absolute Gasteiger partial charge is 0.265 e. The molecule has 0 N–H and O–H groups in total. The maximum Gasteiger partial charge on any atom is 0.135 e. The first kappa shape index (κ1) is 9.17. The lowest BCUT2D eigenvalue weighted by Crippen LogP contribution is -2.17. The van der Waals surface area contributed by atoms with Gasteiger partial charge in [-0.1, -0.05) is 13.8 Å². The summed E-state index contributed by atoms with van der Waals surface area (Å²) in [6.45, 7) is 3.73. The molecule has 1 aromatic heterocycles. The summed E-state index contributed by atoms with van der Waals surface area (Å²) < 4.78 is 14.0. The Labute approximate surface area is 72.6 Å². The van der Waals surface area contributed by atoms with Crippen molar-refractivity contribution >= 4 is 0 Å². The van der Waals surface area contributed by atoms with Crippen molar-refractivity contribution in [3.05, 3.63) is 30.1 Å². The van der Waals surface area contributed by atoms with Gasteiger partial charge in [-0.05, 0) is 30.5 Å². The highest BCUT2D eigenvalue weighted by Gasteiger charge is 2.26. The predicted octanol–water partition coefficient (Wildman–Crippen LogP) is 3.07. The van der Waals surface area contributed by atoms with Crippen LogP contribution in [0.5, 0.6) is 0 Å². The Hall–Kier alpha value is -0.920. The minimum Gasteiger partial charge on any atom is -0.265 e. The monoisotopic (exact) mass is 167 g/mol. The lowest BCUT2D eigenvalue weighted by atomic mass is 9.91. The van der Waals surface area contributed by atoms with Crippen LogP contribution in [0, 0.1) is 0 Å². The highest BCUT2D eigenvalue weighted by Crippen LogP contribution is 2.32. The Morgan fingerprint density at radius 1 is 1.25 bits per heavy atom. The molecule has 66 valence electrons. The van der Waals surface area contributed by atoms with E-state index >= 15 is 0 Å². The lowest BCUT2D eigenvalue weighted by Gasteiger charge is -2.21. The number of hydrogen-bond donors (Lipinski definition) is 0. The SMILES string of the molecule is CCC(F)(CC)c1ccncc1. The second-order valence-electron chi connectivity index (χ2n) is 2.91. The molecule has 0 atom stereocenters. The molecule has 0 spiro atoms. The van der Waals surface area contributed by atoms with Crippen LogP contribution in [0.1, 0.15) is 32.3 Å². The number of nitrogens with zero attached hydrogens (tertiary/aromatic N) is 1. The Kier molecular flexibility index (Phi) is 2.79. The summed E-state index contributed by atoms with van der Waals surface area (Å²) in [5.41, 5.74) is -0.425. The van der Waals surface area contributed by atoms with Crippen LogP contribution in [0.15, 0.2) is 24.5 Å². The van der Waals surface area contributed by atoms with Crippen LogP contribution >= 0.6 is 0 Å². The van der Waals surface area contributed by atoms with E-state index in [2.05, 4.69) is 4.98 Å². The molecule has 0 saturated heterocycles. The standard InChI is InChI=1S/C10H14FN/c1-3-10(11,4-2)9-5-7-12-8-6-9/h5-8H,3-4H2,1-2H3. The second-order valence-corrected chi connectivity index (χ2v) is 2.91. The third-order valence-electron chi connectivity index (χ3n) is 2.32. The maximum absolute atomic E-state index is 14.0. The molecule has 0 aromatic carbocycles. The molecule has 0 bridgehead atoms. The van der Waals surface area contributed by atoms with Crippen molar-refractivity contribution in [2.75, 3.05) is 0 Å². The average molecular weight is 167 g/mol. The van der Waals surface area contributed by atoms with Gasteiger partial charge in [0.2, 0.25) is 0 Å². The molecule has 0 aliphatic rings. The van der Waals surface area contributed by atoms with E-state index in [1.165, 1.54) is 0 Å². The topological polar surface area (TPSA) is 12.9 Å². The number of hydrogen-bond acceptors (Lipinski definition) is 1. The van der Waals surface area contributed by atoms with Gasteiger partial charge in [0.25, 0.3) is 0 Å². The van der Waals surface area contributed by atoms with Gasteiger partial charge in [-0.3, -0.25) is 4.98 Å². The number of halogens is 1. The Bertz CT molecular complexity index is 229. The molecule has 1 nitrogen and oxygen atoms in total. The molecule has 1 heterocycles. The Morgan fingerprint density at radius 3 is 2.17 bits per heavy atom. The third kappa shape index (κ3) is 1.63.